The van der Waals surface area contributed by atoms with E-state index in [1.54, 1.807) is 0 Å². The highest BCUT2D eigenvalue weighted by Gasteiger charge is 2.15. The SMILES string of the molecule is CCNCc1cccc(-c2cccc3c2OCCC3)c1. The number of para-hydroxylation sites is 1. The Bertz CT molecular complexity index is 592. The molecule has 0 aliphatic carbocycles. The lowest BCUT2D eigenvalue weighted by Gasteiger charge is -2.20. The molecule has 2 nitrogen and oxygen atoms in total. The lowest BCUT2D eigenvalue weighted by molar-refractivity contribution is 0.289. The zero-order valence-electron chi connectivity index (χ0n) is 12.0. The monoisotopic (exact) mass is 267 g/mol. The molecule has 0 fully saturated rings. The van der Waals surface area contributed by atoms with Gasteiger partial charge in [-0.15, -0.1) is 0 Å². The molecule has 0 atom stereocenters. The van der Waals surface area contributed by atoms with Crippen LogP contribution in [0.5, 0.6) is 5.75 Å². The summed E-state index contributed by atoms with van der Waals surface area (Å²) in [7, 11) is 0. The maximum absolute atomic E-state index is 5.91. The molecule has 1 aliphatic heterocycles. The number of rotatable bonds is 4. The van der Waals surface area contributed by atoms with Crippen molar-refractivity contribution in [3.63, 3.8) is 0 Å². The minimum absolute atomic E-state index is 0.834. The standard InChI is InChI=1S/C18H21NO/c1-2-19-13-14-6-3-8-16(12-14)17-10-4-7-15-9-5-11-20-18(15)17/h3-4,6-8,10,12,19H,2,5,9,11,13H2,1H3. The molecule has 0 bridgehead atoms. The summed E-state index contributed by atoms with van der Waals surface area (Å²) in [6, 6.07) is 15.2. The Hall–Kier alpha value is -1.80. The Morgan fingerprint density at radius 1 is 1.15 bits per heavy atom. The van der Waals surface area contributed by atoms with E-state index < -0.39 is 0 Å². The molecule has 104 valence electrons. The van der Waals surface area contributed by atoms with Crippen LogP contribution in [0.25, 0.3) is 11.1 Å². The van der Waals surface area contributed by atoms with Gasteiger partial charge in [-0.25, -0.2) is 0 Å². The summed E-state index contributed by atoms with van der Waals surface area (Å²) in [4.78, 5) is 0. The highest BCUT2D eigenvalue weighted by Crippen LogP contribution is 2.36. The van der Waals surface area contributed by atoms with Gasteiger partial charge in [-0.05, 0) is 42.1 Å². The summed E-state index contributed by atoms with van der Waals surface area (Å²) in [6.45, 7) is 4.88. The number of hydrogen-bond acceptors (Lipinski definition) is 2. The Kier molecular flexibility index (Phi) is 4.03. The van der Waals surface area contributed by atoms with Gasteiger partial charge in [0, 0.05) is 12.1 Å². The van der Waals surface area contributed by atoms with Gasteiger partial charge in [0.2, 0.25) is 0 Å². The first kappa shape index (κ1) is 13.2. The average molecular weight is 267 g/mol. The Morgan fingerprint density at radius 2 is 2.05 bits per heavy atom. The van der Waals surface area contributed by atoms with Gasteiger partial charge in [-0.3, -0.25) is 0 Å². The number of ether oxygens (including phenoxy) is 1. The van der Waals surface area contributed by atoms with E-state index in [1.165, 1.54) is 22.3 Å². The van der Waals surface area contributed by atoms with E-state index in [-0.39, 0.29) is 0 Å². The molecular weight excluding hydrogens is 246 g/mol. The zero-order chi connectivity index (χ0) is 13.8. The average Bonchev–Trinajstić information content (AvgIpc) is 2.52. The number of hydrogen-bond donors (Lipinski definition) is 1. The van der Waals surface area contributed by atoms with E-state index in [2.05, 4.69) is 54.7 Å². The van der Waals surface area contributed by atoms with Gasteiger partial charge in [0.05, 0.1) is 6.61 Å². The molecule has 0 amide bonds. The highest BCUT2D eigenvalue weighted by molar-refractivity contribution is 5.73. The molecule has 2 aromatic rings. The maximum atomic E-state index is 5.91. The van der Waals surface area contributed by atoms with Crippen molar-refractivity contribution in [2.45, 2.75) is 26.3 Å². The molecule has 2 aromatic carbocycles. The summed E-state index contributed by atoms with van der Waals surface area (Å²) in [5.74, 6) is 1.08. The van der Waals surface area contributed by atoms with Gasteiger partial charge in [0.15, 0.2) is 0 Å². The quantitative estimate of drug-likeness (QED) is 0.910. The van der Waals surface area contributed by atoms with Crippen LogP contribution in [0.1, 0.15) is 24.5 Å². The lowest BCUT2D eigenvalue weighted by Crippen LogP contribution is -2.11. The number of nitrogens with one attached hydrogen (secondary N) is 1. The molecule has 1 N–H and O–H groups in total. The Labute approximate surface area is 120 Å². The van der Waals surface area contributed by atoms with E-state index in [4.69, 9.17) is 4.74 Å². The molecule has 0 unspecified atom stereocenters. The molecule has 0 saturated carbocycles. The van der Waals surface area contributed by atoms with Crippen LogP contribution >= 0.6 is 0 Å². The minimum atomic E-state index is 0.834. The van der Waals surface area contributed by atoms with E-state index in [0.717, 1.165) is 38.3 Å². The summed E-state index contributed by atoms with van der Waals surface area (Å²) >= 11 is 0. The molecule has 20 heavy (non-hydrogen) atoms. The van der Waals surface area contributed by atoms with Crippen molar-refractivity contribution < 1.29 is 4.74 Å². The summed E-state index contributed by atoms with van der Waals surface area (Å²) in [6.07, 6.45) is 2.25. The molecule has 0 radical (unpaired) electrons. The summed E-state index contributed by atoms with van der Waals surface area (Å²) < 4.78 is 5.91. The van der Waals surface area contributed by atoms with Crippen LogP contribution in [0.2, 0.25) is 0 Å². The number of fused-ring (bicyclic) bond motifs is 1. The third-order valence-electron chi connectivity index (χ3n) is 3.75. The molecule has 0 saturated heterocycles. The van der Waals surface area contributed by atoms with Crippen LogP contribution in [-0.2, 0) is 13.0 Å². The smallest absolute Gasteiger partial charge is 0.130 e. The van der Waals surface area contributed by atoms with E-state index in [0.29, 0.717) is 0 Å². The maximum Gasteiger partial charge on any atom is 0.130 e. The minimum Gasteiger partial charge on any atom is -0.493 e. The van der Waals surface area contributed by atoms with Crippen molar-refractivity contribution in [2.24, 2.45) is 0 Å². The molecule has 1 aliphatic rings. The predicted octanol–water partition coefficient (Wildman–Crippen LogP) is 3.79. The zero-order valence-corrected chi connectivity index (χ0v) is 12.0. The van der Waals surface area contributed by atoms with Crippen LogP contribution in [0.3, 0.4) is 0 Å². The molecule has 0 spiro atoms. The number of benzene rings is 2. The van der Waals surface area contributed by atoms with Crippen LogP contribution in [0, 0.1) is 0 Å². The van der Waals surface area contributed by atoms with Gasteiger partial charge >= 0.3 is 0 Å². The largest absolute Gasteiger partial charge is 0.493 e. The highest BCUT2D eigenvalue weighted by atomic mass is 16.5. The van der Waals surface area contributed by atoms with Crippen LogP contribution in [0.15, 0.2) is 42.5 Å². The van der Waals surface area contributed by atoms with Crippen LogP contribution in [0.4, 0.5) is 0 Å². The predicted molar refractivity (Wildman–Crippen MR) is 83.1 cm³/mol. The normalized spacial score (nSPS) is 13.7. The topological polar surface area (TPSA) is 21.3 Å². The first-order chi connectivity index (χ1) is 9.88. The fraction of sp³-hybridized carbons (Fsp3) is 0.333. The van der Waals surface area contributed by atoms with E-state index >= 15 is 0 Å². The van der Waals surface area contributed by atoms with E-state index in [9.17, 15) is 0 Å². The van der Waals surface area contributed by atoms with Gasteiger partial charge in [0.1, 0.15) is 5.75 Å². The second-order valence-corrected chi connectivity index (χ2v) is 5.23. The van der Waals surface area contributed by atoms with Crippen LogP contribution in [-0.4, -0.2) is 13.2 Å². The van der Waals surface area contributed by atoms with Gasteiger partial charge < -0.3 is 10.1 Å². The molecular formula is C18H21NO. The van der Waals surface area contributed by atoms with Crippen molar-refractivity contribution in [3.8, 4) is 16.9 Å². The molecule has 2 heteroatoms. The summed E-state index contributed by atoms with van der Waals surface area (Å²) in [5, 5.41) is 3.37. The molecule has 0 aromatic heterocycles. The first-order valence-corrected chi connectivity index (χ1v) is 7.43. The summed E-state index contributed by atoms with van der Waals surface area (Å²) in [5.41, 5.74) is 5.13. The lowest BCUT2D eigenvalue weighted by atomic mass is 9.96. The van der Waals surface area contributed by atoms with E-state index in [1.807, 2.05) is 0 Å². The third-order valence-corrected chi connectivity index (χ3v) is 3.75. The Morgan fingerprint density at radius 3 is 2.95 bits per heavy atom. The second kappa shape index (κ2) is 6.10. The van der Waals surface area contributed by atoms with Gasteiger partial charge in [0.25, 0.3) is 0 Å². The fourth-order valence-corrected chi connectivity index (χ4v) is 2.73. The number of aryl methyl sites for hydroxylation is 1. The molecule has 1 heterocycles. The van der Waals surface area contributed by atoms with Gasteiger partial charge in [-0.2, -0.15) is 0 Å². The van der Waals surface area contributed by atoms with Crippen molar-refractivity contribution in [1.82, 2.24) is 5.32 Å². The second-order valence-electron chi connectivity index (χ2n) is 5.23. The first-order valence-electron chi connectivity index (χ1n) is 7.43. The Balaban J connectivity index is 1.96. The van der Waals surface area contributed by atoms with Crippen molar-refractivity contribution in [1.29, 1.82) is 0 Å². The van der Waals surface area contributed by atoms with Crippen molar-refractivity contribution >= 4 is 0 Å². The van der Waals surface area contributed by atoms with Crippen molar-refractivity contribution in [3.05, 3.63) is 53.6 Å². The fourth-order valence-electron chi connectivity index (χ4n) is 2.73. The molecule has 3 rings (SSSR count). The van der Waals surface area contributed by atoms with Gasteiger partial charge in [-0.1, -0.05) is 43.3 Å². The third kappa shape index (κ3) is 2.70. The van der Waals surface area contributed by atoms with Crippen molar-refractivity contribution in [2.75, 3.05) is 13.2 Å². The van der Waals surface area contributed by atoms with Crippen LogP contribution < -0.4 is 10.1 Å².